The number of nitrogens with one attached hydrogen (secondary N) is 1. The second-order valence-corrected chi connectivity index (χ2v) is 7.83. The summed E-state index contributed by atoms with van der Waals surface area (Å²) in [5, 5.41) is 7.89. The third-order valence-electron chi connectivity index (χ3n) is 5.60. The van der Waals surface area contributed by atoms with Crippen LogP contribution in [0.15, 0.2) is 61.3 Å². The third-order valence-corrected chi connectivity index (χ3v) is 5.60. The zero-order chi connectivity index (χ0) is 23.4. The quantitative estimate of drug-likeness (QED) is 0.436. The molecular weight excluding hydrogens is 420 g/mol. The maximum absolute atomic E-state index is 13.4. The number of hydrogen-bond donors (Lipinski definition) is 1. The number of nitrogens with zero attached hydrogens (tertiary/aromatic N) is 5. The van der Waals surface area contributed by atoms with E-state index < -0.39 is 17.4 Å². The van der Waals surface area contributed by atoms with E-state index in [9.17, 15) is 9.59 Å². The number of amides is 1. The molecule has 0 aromatic carbocycles. The molecule has 33 heavy (non-hydrogen) atoms. The number of carbonyl (C=O) groups is 2. The van der Waals surface area contributed by atoms with Crippen LogP contribution in [0.5, 0.6) is 0 Å². The normalized spacial score (nSPS) is 12.8. The van der Waals surface area contributed by atoms with Crippen molar-refractivity contribution in [3.05, 3.63) is 72.4 Å². The summed E-state index contributed by atoms with van der Waals surface area (Å²) in [5.41, 5.74) is 2.02. The molecule has 4 rings (SSSR count). The molecule has 168 valence electrons. The average molecular weight is 444 g/mol. The van der Waals surface area contributed by atoms with E-state index in [4.69, 9.17) is 9.72 Å². The van der Waals surface area contributed by atoms with Gasteiger partial charge in [-0.3, -0.25) is 14.8 Å². The number of fused-ring (bicyclic) bond motifs is 1. The van der Waals surface area contributed by atoms with Crippen molar-refractivity contribution < 1.29 is 14.3 Å². The topological polar surface area (TPSA) is 112 Å². The van der Waals surface area contributed by atoms with E-state index in [2.05, 4.69) is 20.4 Å². The average Bonchev–Trinajstić information content (AvgIpc) is 3.26. The highest BCUT2D eigenvalue weighted by Gasteiger charge is 2.35. The van der Waals surface area contributed by atoms with Crippen LogP contribution in [0, 0.1) is 0 Å². The van der Waals surface area contributed by atoms with E-state index >= 15 is 0 Å². The first-order valence-corrected chi connectivity index (χ1v) is 10.5. The molecule has 0 aliphatic rings. The molecule has 0 bridgehead atoms. The van der Waals surface area contributed by atoms with E-state index in [0.717, 1.165) is 11.1 Å². The molecule has 0 saturated heterocycles. The second-order valence-electron chi connectivity index (χ2n) is 7.83. The first-order valence-electron chi connectivity index (χ1n) is 10.5. The Morgan fingerprint density at radius 2 is 1.88 bits per heavy atom. The molecule has 9 heteroatoms. The molecule has 9 nitrogen and oxygen atoms in total. The Morgan fingerprint density at radius 1 is 1.12 bits per heavy atom. The van der Waals surface area contributed by atoms with Gasteiger partial charge in [-0.25, -0.2) is 14.5 Å². The number of hydrogen-bond acceptors (Lipinski definition) is 7. The zero-order valence-corrected chi connectivity index (χ0v) is 18.6. The molecule has 4 aromatic heterocycles. The van der Waals surface area contributed by atoms with Gasteiger partial charge in [0.2, 0.25) is 0 Å². The van der Waals surface area contributed by atoms with Gasteiger partial charge in [0.1, 0.15) is 5.54 Å². The lowest BCUT2D eigenvalue weighted by Gasteiger charge is -2.26. The van der Waals surface area contributed by atoms with Crippen LogP contribution in [0.4, 0.5) is 0 Å². The zero-order valence-electron chi connectivity index (χ0n) is 18.6. The minimum Gasteiger partial charge on any atom is -0.467 e. The van der Waals surface area contributed by atoms with E-state index in [-0.39, 0.29) is 0 Å². The lowest BCUT2D eigenvalue weighted by molar-refractivity contribution is -0.147. The predicted octanol–water partition coefficient (Wildman–Crippen LogP) is 3.01. The molecule has 0 aliphatic heterocycles. The van der Waals surface area contributed by atoms with Crippen LogP contribution in [0.2, 0.25) is 0 Å². The minimum absolute atomic E-state index is 0.361. The van der Waals surface area contributed by atoms with Crippen molar-refractivity contribution in [2.45, 2.75) is 32.4 Å². The highest BCUT2D eigenvalue weighted by Crippen LogP contribution is 2.26. The van der Waals surface area contributed by atoms with Gasteiger partial charge in [-0.15, -0.1) is 0 Å². The minimum atomic E-state index is -1.17. The van der Waals surface area contributed by atoms with Gasteiger partial charge in [0.15, 0.2) is 5.65 Å². The maximum Gasteiger partial charge on any atom is 0.331 e. The highest BCUT2D eigenvalue weighted by molar-refractivity contribution is 6.08. The highest BCUT2D eigenvalue weighted by atomic mass is 16.5. The lowest BCUT2D eigenvalue weighted by Crippen LogP contribution is -2.52. The van der Waals surface area contributed by atoms with Crippen molar-refractivity contribution in [1.82, 2.24) is 30.0 Å². The van der Waals surface area contributed by atoms with Crippen molar-refractivity contribution in [3.8, 4) is 11.3 Å². The van der Waals surface area contributed by atoms with Crippen LogP contribution >= 0.6 is 0 Å². The largest absolute Gasteiger partial charge is 0.467 e. The van der Waals surface area contributed by atoms with Crippen molar-refractivity contribution in [3.63, 3.8) is 0 Å². The third kappa shape index (κ3) is 4.43. The van der Waals surface area contributed by atoms with Gasteiger partial charge in [0, 0.05) is 30.4 Å². The summed E-state index contributed by atoms with van der Waals surface area (Å²) in [6.07, 6.45) is 8.80. The summed E-state index contributed by atoms with van der Waals surface area (Å²) in [7, 11) is 1.30. The predicted molar refractivity (Wildman–Crippen MR) is 122 cm³/mol. The Hall–Kier alpha value is -4.14. The number of rotatable bonds is 7. The lowest BCUT2D eigenvalue weighted by atomic mass is 9.98. The van der Waals surface area contributed by atoms with Crippen molar-refractivity contribution in [1.29, 1.82) is 0 Å². The molecule has 0 saturated carbocycles. The van der Waals surface area contributed by atoms with Crippen LogP contribution in [-0.4, -0.2) is 49.3 Å². The Bertz CT molecular complexity index is 1290. The number of pyridine rings is 3. The molecule has 0 spiro atoms. The molecule has 1 unspecified atom stereocenters. The van der Waals surface area contributed by atoms with Gasteiger partial charge in [0.25, 0.3) is 5.91 Å². The SMILES string of the molecule is CCC(C)(NC(=O)c1cc(-c2cccnc2)nc2c1cnn2Cc1cccnc1)C(=O)OC. The van der Waals surface area contributed by atoms with E-state index in [1.54, 1.807) is 54.7 Å². The number of methoxy groups -OCH3 is 1. The number of carbonyl (C=O) groups excluding carboxylic acids is 2. The molecule has 0 fully saturated rings. The summed E-state index contributed by atoms with van der Waals surface area (Å²) in [4.78, 5) is 38.8. The monoisotopic (exact) mass is 444 g/mol. The maximum atomic E-state index is 13.4. The summed E-state index contributed by atoms with van der Waals surface area (Å²) < 4.78 is 6.62. The Labute approximate surface area is 190 Å². The molecule has 0 radical (unpaired) electrons. The van der Waals surface area contributed by atoms with Crippen LogP contribution in [0.25, 0.3) is 22.3 Å². The fourth-order valence-electron chi connectivity index (χ4n) is 3.50. The van der Waals surface area contributed by atoms with Crippen LogP contribution in [0.1, 0.15) is 36.2 Å². The fraction of sp³-hybridized carbons (Fsp3) is 0.250. The Balaban J connectivity index is 1.82. The van der Waals surface area contributed by atoms with Crippen LogP contribution in [-0.2, 0) is 16.1 Å². The summed E-state index contributed by atoms with van der Waals surface area (Å²) >= 11 is 0. The number of esters is 1. The van der Waals surface area contributed by atoms with Crippen molar-refractivity contribution >= 4 is 22.9 Å². The first kappa shape index (κ1) is 22.1. The van der Waals surface area contributed by atoms with Gasteiger partial charge in [0.05, 0.1) is 36.5 Å². The summed E-state index contributed by atoms with van der Waals surface area (Å²) in [6.45, 7) is 3.89. The van der Waals surface area contributed by atoms with E-state index in [1.165, 1.54) is 7.11 Å². The van der Waals surface area contributed by atoms with Crippen molar-refractivity contribution in [2.24, 2.45) is 0 Å². The first-order chi connectivity index (χ1) is 15.9. The molecule has 4 aromatic rings. The van der Waals surface area contributed by atoms with Crippen LogP contribution in [0.3, 0.4) is 0 Å². The van der Waals surface area contributed by atoms with Gasteiger partial charge in [-0.05, 0) is 43.2 Å². The molecule has 1 amide bonds. The van der Waals surface area contributed by atoms with E-state index in [1.807, 2.05) is 25.1 Å². The molecular formula is C24H24N6O3. The Kier molecular flexibility index (Phi) is 6.12. The number of aromatic nitrogens is 5. The standard InChI is InChI=1S/C24H24N6O3/c1-4-24(2,23(32)33-3)29-22(31)18-11-20(17-8-6-10-26-13-17)28-21-19(18)14-27-30(21)15-16-7-5-9-25-12-16/h5-14H,4,15H2,1-3H3,(H,29,31). The second kappa shape index (κ2) is 9.15. The van der Waals surface area contributed by atoms with Crippen LogP contribution < -0.4 is 5.32 Å². The van der Waals surface area contributed by atoms with Gasteiger partial charge in [-0.1, -0.05) is 13.0 Å². The Morgan fingerprint density at radius 3 is 2.52 bits per heavy atom. The summed E-state index contributed by atoms with van der Waals surface area (Å²) in [6, 6.07) is 9.17. The van der Waals surface area contributed by atoms with Gasteiger partial charge < -0.3 is 10.1 Å². The fourth-order valence-corrected chi connectivity index (χ4v) is 3.50. The van der Waals surface area contributed by atoms with Gasteiger partial charge in [-0.2, -0.15) is 5.10 Å². The van der Waals surface area contributed by atoms with Gasteiger partial charge >= 0.3 is 5.97 Å². The van der Waals surface area contributed by atoms with Crippen molar-refractivity contribution in [2.75, 3.05) is 7.11 Å². The molecule has 0 aliphatic carbocycles. The summed E-state index contributed by atoms with van der Waals surface area (Å²) in [5.74, 6) is -0.924. The molecule has 1 N–H and O–H groups in total. The number of ether oxygens (including phenoxy) is 1. The molecule has 1 atom stereocenters. The molecule has 4 heterocycles. The smallest absolute Gasteiger partial charge is 0.331 e. The van der Waals surface area contributed by atoms with E-state index in [0.29, 0.717) is 35.3 Å².